The average molecular weight is 990 g/mol. The fourth-order valence-electron chi connectivity index (χ4n) is 12.3. The second kappa shape index (κ2) is 16.6. The van der Waals surface area contributed by atoms with E-state index >= 15 is 0 Å². The van der Waals surface area contributed by atoms with E-state index in [1.54, 1.807) is 0 Å². The summed E-state index contributed by atoms with van der Waals surface area (Å²) < 4.78 is 0.671. The normalized spacial score (nSPS) is 17.0. The molecule has 11 rings (SSSR count). The summed E-state index contributed by atoms with van der Waals surface area (Å²) in [5, 5.41) is 2.89. The molecule has 2 atom stereocenters. The second-order valence-electron chi connectivity index (χ2n) is 19.6. The second-order valence-corrected chi connectivity index (χ2v) is 42.0. The minimum atomic E-state index is -6.01. The topological polar surface area (TPSA) is 0 Å². The number of rotatable bonds is 9. The van der Waals surface area contributed by atoms with Gasteiger partial charge < -0.3 is 0 Å². The van der Waals surface area contributed by atoms with Gasteiger partial charge in [0.1, 0.15) is 0 Å². The van der Waals surface area contributed by atoms with E-state index in [9.17, 15) is 17.0 Å². The molecule has 2 unspecified atom stereocenters. The van der Waals surface area contributed by atoms with Crippen LogP contribution in [0.15, 0.2) is 176 Å². The third kappa shape index (κ3) is 6.69. The van der Waals surface area contributed by atoms with E-state index in [0.29, 0.717) is 11.8 Å². The van der Waals surface area contributed by atoms with Crippen molar-refractivity contribution < 1.29 is 16.4 Å². The van der Waals surface area contributed by atoms with Crippen LogP contribution in [0.2, 0.25) is 0 Å². The average Bonchev–Trinajstić information content (AvgIpc) is 4.05. The number of fused-ring (bicyclic) bond motifs is 5. The van der Waals surface area contributed by atoms with Crippen LogP contribution in [0.4, 0.5) is 0 Å². The van der Waals surface area contributed by atoms with Gasteiger partial charge in [-0.15, -0.1) is 0 Å². The van der Waals surface area contributed by atoms with Crippen molar-refractivity contribution in [2.24, 2.45) is 0 Å². The summed E-state index contributed by atoms with van der Waals surface area (Å²) in [4.78, 5) is 0. The molecule has 8 aromatic carbocycles. The monoisotopic (exact) mass is 987 g/mol. The van der Waals surface area contributed by atoms with Gasteiger partial charge in [0.25, 0.3) is 0 Å². The minimum absolute atomic E-state index is 0.280. The Bertz CT molecular complexity index is 3130. The number of hydrogen-bond donors (Lipinski definition) is 0. The Hall–Kier alpha value is -5.08. The Morgan fingerprint density at radius 3 is 1.35 bits per heavy atom. The van der Waals surface area contributed by atoms with Crippen molar-refractivity contribution >= 4 is 63.5 Å². The van der Waals surface area contributed by atoms with Crippen LogP contribution in [0.25, 0.3) is 56.7 Å². The standard InChI is InChI=1S/2C25H23.C12H9Si.2ClH.Zr/c2*1-17(2)22-11-7-8-12-23(22)25-18(3)13-14-20-15-21(16-24(20)25)19-9-5-4-6-10-19;1-3-7-11-9(5-1)10-6-2-4-8-12(10)13-11;;;/h2*4-17H,1-3H3;1-7H,13H2;2*1H;/q;;;;;+2/p-2. The van der Waals surface area contributed by atoms with Gasteiger partial charge in [-0.2, -0.15) is 0 Å². The van der Waals surface area contributed by atoms with Crippen molar-refractivity contribution in [3.8, 4) is 33.4 Å². The Kier molecular flexibility index (Phi) is 10.9. The van der Waals surface area contributed by atoms with Gasteiger partial charge in [0.2, 0.25) is 0 Å². The SMILES string of the molecule is Cc1ccc2c(c1-c1ccccc1C(C)C)C=C(c1ccccc1)[CH]2[Zr]([Cl])([Cl])([c]1cccc2c1[SiH2]c1ccccc1-2)[CH]1C(c2ccccc2)=Cc2c1ccc(C)c2-c1ccccc1C(C)C. The molecule has 0 aromatic heterocycles. The van der Waals surface area contributed by atoms with E-state index in [0.717, 1.165) is 0 Å². The van der Waals surface area contributed by atoms with Crippen LogP contribution < -0.4 is 13.6 Å². The van der Waals surface area contributed by atoms with Crippen molar-refractivity contribution in [2.45, 2.75) is 60.6 Å². The molecule has 1 aliphatic heterocycles. The van der Waals surface area contributed by atoms with Crippen molar-refractivity contribution in [1.82, 2.24) is 0 Å². The Balaban J connectivity index is 1.29. The van der Waals surface area contributed by atoms with E-state index in [1.807, 2.05) is 0 Å². The molecule has 0 saturated heterocycles. The van der Waals surface area contributed by atoms with E-state index < -0.39 is 25.9 Å². The summed E-state index contributed by atoms with van der Waals surface area (Å²) in [5.74, 6) is 0.699. The molecular formula is C62H55Cl2SiZr. The van der Waals surface area contributed by atoms with Crippen molar-refractivity contribution in [3.63, 3.8) is 0 Å². The molecule has 2 aliphatic carbocycles. The molecule has 0 N–H and O–H groups in total. The van der Waals surface area contributed by atoms with E-state index in [4.69, 9.17) is 0 Å². The van der Waals surface area contributed by atoms with Crippen LogP contribution in [0, 0.1) is 13.8 Å². The molecule has 1 heterocycles. The molecule has 0 amide bonds. The third-order valence-corrected chi connectivity index (χ3v) is 37.7. The predicted molar refractivity (Wildman–Crippen MR) is 287 cm³/mol. The van der Waals surface area contributed by atoms with Crippen LogP contribution in [0.3, 0.4) is 0 Å². The summed E-state index contributed by atoms with van der Waals surface area (Å²) in [6.45, 7) is 13.8. The zero-order valence-corrected chi connectivity index (χ0v) is 44.1. The maximum absolute atomic E-state index is 9.66. The van der Waals surface area contributed by atoms with Gasteiger partial charge in [0.15, 0.2) is 0 Å². The summed E-state index contributed by atoms with van der Waals surface area (Å²) in [6.07, 6.45) is 5.01. The number of benzene rings is 8. The molecule has 325 valence electrons. The van der Waals surface area contributed by atoms with Crippen molar-refractivity contribution in [3.05, 3.63) is 232 Å². The molecule has 66 heavy (non-hydrogen) atoms. The van der Waals surface area contributed by atoms with Gasteiger partial charge in [0, 0.05) is 0 Å². The summed E-state index contributed by atoms with van der Waals surface area (Å²) in [7, 11) is 18.4. The molecule has 0 saturated carbocycles. The molecule has 0 fully saturated rings. The number of aryl methyl sites for hydroxylation is 2. The Morgan fingerprint density at radius 2 is 0.864 bits per heavy atom. The first kappa shape index (κ1) is 43.5. The third-order valence-electron chi connectivity index (χ3n) is 15.2. The first-order valence-corrected chi connectivity index (χ1v) is 35.5. The quantitative estimate of drug-likeness (QED) is 0.126. The zero-order chi connectivity index (χ0) is 45.5. The summed E-state index contributed by atoms with van der Waals surface area (Å²) in [6, 6.07) is 65.6. The molecule has 4 heteroatoms. The van der Waals surface area contributed by atoms with Gasteiger partial charge in [0.05, 0.1) is 0 Å². The Morgan fingerprint density at radius 1 is 0.439 bits per heavy atom. The van der Waals surface area contributed by atoms with E-state index in [-0.39, 0.29) is 7.25 Å². The predicted octanol–water partition coefficient (Wildman–Crippen LogP) is 15.2. The zero-order valence-electron chi connectivity index (χ0n) is 38.7. The maximum atomic E-state index is 9.66. The molecular weight excluding hydrogens is 935 g/mol. The van der Waals surface area contributed by atoms with E-state index in [1.165, 1.54) is 114 Å². The van der Waals surface area contributed by atoms with Gasteiger partial charge in [-0.25, -0.2) is 0 Å². The molecule has 3 aliphatic rings. The molecule has 8 aromatic rings. The van der Waals surface area contributed by atoms with E-state index in [2.05, 4.69) is 230 Å². The van der Waals surface area contributed by atoms with Crippen LogP contribution in [-0.2, 0) is 16.4 Å². The van der Waals surface area contributed by atoms with Crippen LogP contribution in [0.1, 0.15) is 102 Å². The fraction of sp³-hybridized carbons (Fsp3) is 0.161. The van der Waals surface area contributed by atoms with Gasteiger partial charge in [-0.1, -0.05) is 0 Å². The van der Waals surface area contributed by atoms with Crippen molar-refractivity contribution in [2.75, 3.05) is 0 Å². The molecule has 0 nitrogen and oxygen atoms in total. The van der Waals surface area contributed by atoms with Gasteiger partial charge >= 0.3 is 405 Å². The first-order valence-electron chi connectivity index (χ1n) is 23.7. The molecule has 0 bridgehead atoms. The van der Waals surface area contributed by atoms with Crippen LogP contribution >= 0.6 is 17.0 Å². The van der Waals surface area contributed by atoms with Crippen LogP contribution in [0.5, 0.6) is 0 Å². The van der Waals surface area contributed by atoms with Gasteiger partial charge in [-0.3, -0.25) is 0 Å². The number of hydrogen-bond acceptors (Lipinski definition) is 0. The molecule has 0 radical (unpaired) electrons. The summed E-state index contributed by atoms with van der Waals surface area (Å²) in [5.41, 5.74) is 22.8. The fourth-order valence-corrected chi connectivity index (χ4v) is 39.3. The number of halogens is 2. The first-order chi connectivity index (χ1) is 31.9. The van der Waals surface area contributed by atoms with Gasteiger partial charge in [-0.05, 0) is 0 Å². The molecule has 0 spiro atoms. The van der Waals surface area contributed by atoms with Crippen LogP contribution in [-0.4, -0.2) is 9.52 Å². The number of allylic oxidation sites excluding steroid dienone is 2. The van der Waals surface area contributed by atoms with Crippen molar-refractivity contribution in [1.29, 1.82) is 0 Å². The summed E-state index contributed by atoms with van der Waals surface area (Å²) >= 11 is -6.01. The Labute approximate surface area is 402 Å².